The fraction of sp³-hybridized carbons (Fsp3) is 0.692. The molecule has 1 aliphatic heterocycles. The normalized spacial score (nSPS) is 20.9. The molecule has 1 aliphatic rings. The topological polar surface area (TPSA) is 55.0 Å². The van der Waals surface area contributed by atoms with Gasteiger partial charge in [0, 0.05) is 25.0 Å². The highest BCUT2D eigenvalue weighted by Crippen LogP contribution is 2.21. The van der Waals surface area contributed by atoms with Crippen molar-refractivity contribution >= 4 is 5.95 Å². The third-order valence-electron chi connectivity index (χ3n) is 3.39. The number of anilines is 1. The molecule has 0 aliphatic carbocycles. The summed E-state index contributed by atoms with van der Waals surface area (Å²) in [6.45, 7) is 7.13. The van der Waals surface area contributed by atoms with E-state index in [0.29, 0.717) is 11.8 Å². The van der Waals surface area contributed by atoms with Crippen LogP contribution in [0.2, 0.25) is 0 Å². The van der Waals surface area contributed by atoms with Gasteiger partial charge in [-0.1, -0.05) is 13.8 Å². The highest BCUT2D eigenvalue weighted by Gasteiger charge is 2.20. The van der Waals surface area contributed by atoms with Gasteiger partial charge in [0.05, 0.1) is 0 Å². The van der Waals surface area contributed by atoms with Crippen molar-refractivity contribution in [2.75, 3.05) is 24.5 Å². The van der Waals surface area contributed by atoms with Crippen LogP contribution < -0.4 is 10.6 Å². The zero-order valence-electron chi connectivity index (χ0n) is 10.8. The van der Waals surface area contributed by atoms with Crippen LogP contribution in [0.1, 0.15) is 38.3 Å². The van der Waals surface area contributed by atoms with Crippen molar-refractivity contribution in [1.82, 2.24) is 9.97 Å². The average molecular weight is 234 g/mol. The molecule has 94 valence electrons. The maximum atomic E-state index is 5.75. The zero-order chi connectivity index (χ0) is 12.3. The Morgan fingerprint density at radius 2 is 2.35 bits per heavy atom. The summed E-state index contributed by atoms with van der Waals surface area (Å²) < 4.78 is 0. The van der Waals surface area contributed by atoms with Crippen LogP contribution in [-0.4, -0.2) is 29.6 Å². The van der Waals surface area contributed by atoms with Crippen LogP contribution in [0, 0.1) is 5.92 Å². The molecule has 1 fully saturated rings. The van der Waals surface area contributed by atoms with Crippen LogP contribution in [0.25, 0.3) is 0 Å². The summed E-state index contributed by atoms with van der Waals surface area (Å²) in [5.41, 5.74) is 6.87. The maximum absolute atomic E-state index is 5.75. The van der Waals surface area contributed by atoms with E-state index in [1.165, 1.54) is 12.8 Å². The summed E-state index contributed by atoms with van der Waals surface area (Å²) in [6.07, 6.45) is 4.29. The molecule has 0 radical (unpaired) electrons. The Kier molecular flexibility index (Phi) is 3.94. The summed E-state index contributed by atoms with van der Waals surface area (Å²) in [5.74, 6) is 1.91. The quantitative estimate of drug-likeness (QED) is 0.866. The number of hydrogen-bond acceptors (Lipinski definition) is 4. The fourth-order valence-corrected chi connectivity index (χ4v) is 2.27. The Balaban J connectivity index is 2.13. The molecule has 17 heavy (non-hydrogen) atoms. The average Bonchev–Trinajstić information content (AvgIpc) is 2.39. The van der Waals surface area contributed by atoms with E-state index >= 15 is 0 Å². The van der Waals surface area contributed by atoms with E-state index < -0.39 is 0 Å². The summed E-state index contributed by atoms with van der Waals surface area (Å²) in [6, 6.07) is 2.00. The van der Waals surface area contributed by atoms with Crippen molar-refractivity contribution in [2.45, 2.75) is 32.6 Å². The first-order valence-electron chi connectivity index (χ1n) is 6.48. The second-order valence-electron chi connectivity index (χ2n) is 5.13. The lowest BCUT2D eigenvalue weighted by Crippen LogP contribution is -2.39. The van der Waals surface area contributed by atoms with Crippen molar-refractivity contribution in [3.8, 4) is 0 Å². The summed E-state index contributed by atoms with van der Waals surface area (Å²) in [5, 5.41) is 0. The number of aromatic nitrogens is 2. The van der Waals surface area contributed by atoms with Crippen molar-refractivity contribution in [2.24, 2.45) is 11.7 Å². The third kappa shape index (κ3) is 2.94. The first-order chi connectivity index (χ1) is 8.20. The van der Waals surface area contributed by atoms with E-state index in [2.05, 4.69) is 28.7 Å². The SMILES string of the molecule is CC(C)c1ccnc(N2CCCC(CN)C2)n1. The summed E-state index contributed by atoms with van der Waals surface area (Å²) >= 11 is 0. The van der Waals surface area contributed by atoms with Crippen molar-refractivity contribution < 1.29 is 0 Å². The van der Waals surface area contributed by atoms with Gasteiger partial charge in [0.1, 0.15) is 0 Å². The molecule has 0 spiro atoms. The highest BCUT2D eigenvalue weighted by atomic mass is 15.3. The van der Waals surface area contributed by atoms with Gasteiger partial charge in [-0.25, -0.2) is 9.97 Å². The zero-order valence-corrected chi connectivity index (χ0v) is 10.8. The van der Waals surface area contributed by atoms with E-state index in [1.807, 2.05) is 12.3 Å². The number of piperidine rings is 1. The minimum atomic E-state index is 0.451. The maximum Gasteiger partial charge on any atom is 0.225 e. The molecular formula is C13H22N4. The number of nitrogens with two attached hydrogens (primary N) is 1. The molecule has 4 nitrogen and oxygen atoms in total. The van der Waals surface area contributed by atoms with E-state index in [0.717, 1.165) is 31.3 Å². The van der Waals surface area contributed by atoms with Crippen LogP contribution in [0.4, 0.5) is 5.95 Å². The molecule has 1 aromatic rings. The second-order valence-corrected chi connectivity index (χ2v) is 5.13. The molecule has 2 rings (SSSR count). The predicted molar refractivity (Wildman–Crippen MR) is 70.1 cm³/mol. The first-order valence-corrected chi connectivity index (χ1v) is 6.48. The highest BCUT2D eigenvalue weighted by molar-refractivity contribution is 5.31. The number of nitrogens with zero attached hydrogens (tertiary/aromatic N) is 3. The fourth-order valence-electron chi connectivity index (χ4n) is 2.27. The van der Waals surface area contributed by atoms with Gasteiger partial charge < -0.3 is 10.6 Å². The van der Waals surface area contributed by atoms with E-state index in [4.69, 9.17) is 5.73 Å². The molecule has 1 atom stereocenters. The minimum absolute atomic E-state index is 0.451. The molecular weight excluding hydrogens is 212 g/mol. The van der Waals surface area contributed by atoms with Crippen LogP contribution >= 0.6 is 0 Å². The Morgan fingerprint density at radius 3 is 3.06 bits per heavy atom. The van der Waals surface area contributed by atoms with Gasteiger partial charge in [-0.2, -0.15) is 0 Å². The standard InChI is InChI=1S/C13H22N4/c1-10(2)12-5-6-15-13(16-12)17-7-3-4-11(8-14)9-17/h5-6,10-11H,3-4,7-9,14H2,1-2H3. The van der Waals surface area contributed by atoms with Crippen LogP contribution in [0.15, 0.2) is 12.3 Å². The molecule has 1 saturated heterocycles. The molecule has 2 heterocycles. The van der Waals surface area contributed by atoms with Crippen LogP contribution in [0.3, 0.4) is 0 Å². The van der Waals surface area contributed by atoms with Gasteiger partial charge in [0.25, 0.3) is 0 Å². The monoisotopic (exact) mass is 234 g/mol. The lowest BCUT2D eigenvalue weighted by Gasteiger charge is -2.32. The number of rotatable bonds is 3. The smallest absolute Gasteiger partial charge is 0.225 e. The Bertz CT molecular complexity index is 364. The van der Waals surface area contributed by atoms with E-state index in [1.54, 1.807) is 0 Å². The minimum Gasteiger partial charge on any atom is -0.340 e. The molecule has 2 N–H and O–H groups in total. The lowest BCUT2D eigenvalue weighted by molar-refractivity contribution is 0.419. The van der Waals surface area contributed by atoms with Crippen molar-refractivity contribution in [3.05, 3.63) is 18.0 Å². The Morgan fingerprint density at radius 1 is 1.53 bits per heavy atom. The Labute approximate surface area is 103 Å². The molecule has 4 heteroatoms. The molecule has 0 saturated carbocycles. The predicted octanol–water partition coefficient (Wildman–Crippen LogP) is 1.78. The van der Waals surface area contributed by atoms with E-state index in [-0.39, 0.29) is 0 Å². The van der Waals surface area contributed by atoms with Gasteiger partial charge in [0.15, 0.2) is 0 Å². The van der Waals surface area contributed by atoms with Gasteiger partial charge in [0.2, 0.25) is 5.95 Å². The first kappa shape index (κ1) is 12.3. The number of hydrogen-bond donors (Lipinski definition) is 1. The molecule has 1 aromatic heterocycles. The molecule has 1 unspecified atom stereocenters. The summed E-state index contributed by atoms with van der Waals surface area (Å²) in [4.78, 5) is 11.3. The summed E-state index contributed by atoms with van der Waals surface area (Å²) in [7, 11) is 0. The van der Waals surface area contributed by atoms with Gasteiger partial charge in [-0.05, 0) is 37.3 Å². The van der Waals surface area contributed by atoms with Crippen molar-refractivity contribution in [1.29, 1.82) is 0 Å². The van der Waals surface area contributed by atoms with Crippen LogP contribution in [-0.2, 0) is 0 Å². The van der Waals surface area contributed by atoms with Gasteiger partial charge >= 0.3 is 0 Å². The Hall–Kier alpha value is -1.16. The third-order valence-corrected chi connectivity index (χ3v) is 3.39. The molecule has 0 amide bonds. The van der Waals surface area contributed by atoms with Gasteiger partial charge in [-0.15, -0.1) is 0 Å². The largest absolute Gasteiger partial charge is 0.340 e. The van der Waals surface area contributed by atoms with E-state index in [9.17, 15) is 0 Å². The van der Waals surface area contributed by atoms with Gasteiger partial charge in [-0.3, -0.25) is 0 Å². The lowest BCUT2D eigenvalue weighted by atomic mass is 9.99. The second kappa shape index (κ2) is 5.45. The molecule has 0 bridgehead atoms. The van der Waals surface area contributed by atoms with Crippen LogP contribution in [0.5, 0.6) is 0 Å². The molecule has 0 aromatic carbocycles. The van der Waals surface area contributed by atoms with Crippen molar-refractivity contribution in [3.63, 3.8) is 0 Å².